The Kier molecular flexibility index (Phi) is 6.56. The minimum atomic E-state index is -0.828. The van der Waals surface area contributed by atoms with E-state index in [2.05, 4.69) is 5.32 Å². The largest absolute Gasteiger partial charge is 0.481 e. The van der Waals surface area contributed by atoms with E-state index in [0.717, 1.165) is 12.0 Å². The Balaban J connectivity index is 2.31. The van der Waals surface area contributed by atoms with E-state index >= 15 is 0 Å². The fourth-order valence-electron chi connectivity index (χ4n) is 1.96. The number of rotatable bonds is 8. The molecule has 0 heterocycles. The highest BCUT2D eigenvalue weighted by molar-refractivity contribution is 5.76. The molecule has 1 amide bonds. The van der Waals surface area contributed by atoms with Crippen LogP contribution in [-0.2, 0) is 16.0 Å². The third kappa shape index (κ3) is 6.22. The number of hydrogen-bond donors (Lipinski definition) is 3. The molecular formula is C15H22N2O3. The maximum absolute atomic E-state index is 11.7. The van der Waals surface area contributed by atoms with E-state index in [1.54, 1.807) is 6.07 Å². The van der Waals surface area contributed by atoms with E-state index in [1.807, 2.05) is 25.1 Å². The second kappa shape index (κ2) is 8.19. The van der Waals surface area contributed by atoms with E-state index in [4.69, 9.17) is 10.8 Å². The Labute approximate surface area is 119 Å². The van der Waals surface area contributed by atoms with Crippen LogP contribution in [0.5, 0.6) is 0 Å². The number of nitrogen functional groups attached to an aromatic ring is 1. The molecule has 0 saturated heterocycles. The van der Waals surface area contributed by atoms with Crippen molar-refractivity contribution in [2.75, 3.05) is 12.3 Å². The third-order valence-electron chi connectivity index (χ3n) is 3.22. The normalized spacial score (nSPS) is 11.8. The Morgan fingerprint density at radius 3 is 2.75 bits per heavy atom. The molecule has 0 fully saturated rings. The monoisotopic (exact) mass is 278 g/mol. The first-order valence-corrected chi connectivity index (χ1v) is 6.84. The number of carboxylic acids is 1. The minimum absolute atomic E-state index is 0.0104. The summed E-state index contributed by atoms with van der Waals surface area (Å²) in [6.45, 7) is 2.34. The van der Waals surface area contributed by atoms with Gasteiger partial charge in [-0.25, -0.2) is 0 Å². The molecule has 0 saturated carbocycles. The first-order chi connectivity index (χ1) is 9.51. The zero-order valence-corrected chi connectivity index (χ0v) is 11.8. The minimum Gasteiger partial charge on any atom is -0.481 e. The molecule has 4 N–H and O–H groups in total. The molecule has 0 aromatic heterocycles. The first kappa shape index (κ1) is 16.0. The van der Waals surface area contributed by atoms with Gasteiger partial charge in [0.25, 0.3) is 0 Å². The molecule has 5 nitrogen and oxygen atoms in total. The van der Waals surface area contributed by atoms with Crippen LogP contribution in [-0.4, -0.2) is 23.5 Å². The van der Waals surface area contributed by atoms with Gasteiger partial charge in [-0.3, -0.25) is 9.59 Å². The second-order valence-corrected chi connectivity index (χ2v) is 4.92. The molecule has 0 aliphatic carbocycles. The summed E-state index contributed by atoms with van der Waals surface area (Å²) in [7, 11) is 0. The van der Waals surface area contributed by atoms with E-state index in [9.17, 15) is 9.59 Å². The predicted octanol–water partition coefficient (Wildman–Crippen LogP) is 1.82. The summed E-state index contributed by atoms with van der Waals surface area (Å²) in [5.74, 6) is -0.897. The average molecular weight is 278 g/mol. The van der Waals surface area contributed by atoms with Crippen LogP contribution < -0.4 is 11.1 Å². The van der Waals surface area contributed by atoms with Crippen molar-refractivity contribution in [2.45, 2.75) is 32.6 Å². The molecular weight excluding hydrogens is 256 g/mol. The lowest BCUT2D eigenvalue weighted by Crippen LogP contribution is -2.30. The van der Waals surface area contributed by atoms with Gasteiger partial charge in [0.15, 0.2) is 0 Å². The summed E-state index contributed by atoms with van der Waals surface area (Å²) in [6, 6.07) is 7.46. The summed E-state index contributed by atoms with van der Waals surface area (Å²) >= 11 is 0. The quantitative estimate of drug-likeness (QED) is 0.632. The van der Waals surface area contributed by atoms with Gasteiger partial charge in [0, 0.05) is 25.1 Å². The summed E-state index contributed by atoms with van der Waals surface area (Å²) < 4.78 is 0. The first-order valence-electron chi connectivity index (χ1n) is 6.84. The SMILES string of the molecule is CCC(CNC(=O)CCc1cccc(N)c1)CC(=O)O. The van der Waals surface area contributed by atoms with Crippen molar-refractivity contribution in [2.24, 2.45) is 5.92 Å². The fraction of sp³-hybridized carbons (Fsp3) is 0.467. The lowest BCUT2D eigenvalue weighted by Gasteiger charge is -2.13. The standard InChI is InChI=1S/C15H22N2O3/c1-2-11(9-15(19)20)10-17-14(18)7-6-12-4-3-5-13(16)8-12/h3-5,8,11H,2,6-7,9-10,16H2,1H3,(H,17,18)(H,19,20). The van der Waals surface area contributed by atoms with Gasteiger partial charge in [-0.2, -0.15) is 0 Å². The van der Waals surface area contributed by atoms with Crippen LogP contribution in [0.25, 0.3) is 0 Å². The van der Waals surface area contributed by atoms with Gasteiger partial charge in [-0.05, 0) is 30.0 Å². The molecule has 0 radical (unpaired) electrons. The van der Waals surface area contributed by atoms with Crippen molar-refractivity contribution in [3.8, 4) is 0 Å². The maximum atomic E-state index is 11.7. The highest BCUT2D eigenvalue weighted by atomic mass is 16.4. The zero-order chi connectivity index (χ0) is 15.0. The van der Waals surface area contributed by atoms with Gasteiger partial charge >= 0.3 is 5.97 Å². The van der Waals surface area contributed by atoms with Crippen LogP contribution in [0.2, 0.25) is 0 Å². The lowest BCUT2D eigenvalue weighted by molar-refractivity contribution is -0.138. The molecule has 0 spiro atoms. The van der Waals surface area contributed by atoms with E-state index < -0.39 is 5.97 Å². The summed E-state index contributed by atoms with van der Waals surface area (Å²) in [6.07, 6.45) is 1.84. The molecule has 1 rings (SSSR count). The van der Waals surface area contributed by atoms with Crippen molar-refractivity contribution in [3.05, 3.63) is 29.8 Å². The Morgan fingerprint density at radius 1 is 1.40 bits per heavy atom. The number of anilines is 1. The number of carboxylic acid groups (broad SMARTS) is 1. The average Bonchev–Trinajstić information content (AvgIpc) is 2.40. The summed E-state index contributed by atoms with van der Waals surface area (Å²) in [5.41, 5.74) is 7.39. The number of aryl methyl sites for hydroxylation is 1. The third-order valence-corrected chi connectivity index (χ3v) is 3.22. The number of aliphatic carboxylic acids is 1. The van der Waals surface area contributed by atoms with Crippen molar-refractivity contribution in [1.29, 1.82) is 0 Å². The number of carbonyl (C=O) groups is 2. The van der Waals surface area contributed by atoms with Crippen LogP contribution in [0.4, 0.5) is 5.69 Å². The molecule has 1 aromatic carbocycles. The molecule has 20 heavy (non-hydrogen) atoms. The van der Waals surface area contributed by atoms with Crippen LogP contribution in [0.1, 0.15) is 31.7 Å². The van der Waals surface area contributed by atoms with E-state index in [-0.39, 0.29) is 18.2 Å². The summed E-state index contributed by atoms with van der Waals surface area (Å²) in [4.78, 5) is 22.3. The summed E-state index contributed by atoms with van der Waals surface area (Å²) in [5, 5.41) is 11.5. The van der Waals surface area contributed by atoms with Gasteiger partial charge in [0.2, 0.25) is 5.91 Å². The molecule has 0 aliphatic heterocycles. The number of hydrogen-bond acceptors (Lipinski definition) is 3. The lowest BCUT2D eigenvalue weighted by atomic mass is 10.0. The number of nitrogens with one attached hydrogen (secondary N) is 1. The molecule has 5 heteroatoms. The van der Waals surface area contributed by atoms with E-state index in [1.165, 1.54) is 0 Å². The molecule has 110 valence electrons. The zero-order valence-electron chi connectivity index (χ0n) is 11.8. The predicted molar refractivity (Wildman–Crippen MR) is 78.2 cm³/mol. The highest BCUT2D eigenvalue weighted by Gasteiger charge is 2.12. The molecule has 1 aromatic rings. The van der Waals surface area contributed by atoms with Gasteiger partial charge < -0.3 is 16.2 Å². The number of nitrogens with two attached hydrogens (primary N) is 1. The molecule has 1 unspecified atom stereocenters. The molecule has 1 atom stereocenters. The molecule has 0 bridgehead atoms. The van der Waals surface area contributed by atoms with Crippen LogP contribution in [0.15, 0.2) is 24.3 Å². The number of carbonyl (C=O) groups excluding carboxylic acids is 1. The van der Waals surface area contributed by atoms with Gasteiger partial charge in [-0.15, -0.1) is 0 Å². The van der Waals surface area contributed by atoms with Crippen LogP contribution >= 0.6 is 0 Å². The Bertz CT molecular complexity index is 460. The van der Waals surface area contributed by atoms with Gasteiger partial charge in [-0.1, -0.05) is 25.5 Å². The van der Waals surface area contributed by atoms with Crippen molar-refractivity contribution in [1.82, 2.24) is 5.32 Å². The van der Waals surface area contributed by atoms with Gasteiger partial charge in [0.05, 0.1) is 0 Å². The van der Waals surface area contributed by atoms with Crippen molar-refractivity contribution in [3.63, 3.8) is 0 Å². The Morgan fingerprint density at radius 2 is 2.15 bits per heavy atom. The van der Waals surface area contributed by atoms with Crippen LogP contribution in [0.3, 0.4) is 0 Å². The van der Waals surface area contributed by atoms with Crippen molar-refractivity contribution < 1.29 is 14.7 Å². The van der Waals surface area contributed by atoms with E-state index in [0.29, 0.717) is 25.1 Å². The topological polar surface area (TPSA) is 92.4 Å². The van der Waals surface area contributed by atoms with Crippen LogP contribution in [0, 0.1) is 5.92 Å². The van der Waals surface area contributed by atoms with Gasteiger partial charge in [0.1, 0.15) is 0 Å². The maximum Gasteiger partial charge on any atom is 0.303 e. The Hall–Kier alpha value is -2.04. The van der Waals surface area contributed by atoms with Crippen molar-refractivity contribution >= 4 is 17.6 Å². The number of amides is 1. The highest BCUT2D eigenvalue weighted by Crippen LogP contribution is 2.09. The fourth-order valence-corrected chi connectivity index (χ4v) is 1.96. The molecule has 0 aliphatic rings. The second-order valence-electron chi connectivity index (χ2n) is 4.92. The number of benzene rings is 1. The smallest absolute Gasteiger partial charge is 0.303 e.